The number of rotatable bonds is 5. The van der Waals surface area contributed by atoms with Crippen molar-refractivity contribution in [2.45, 2.75) is 12.6 Å². The minimum absolute atomic E-state index is 0.0558. The first-order valence-electron chi connectivity index (χ1n) is 6.36. The molecule has 0 saturated heterocycles. The van der Waals surface area contributed by atoms with Crippen LogP contribution in [-0.2, 0) is 13.6 Å². The molecule has 2 rings (SSSR count). The normalized spacial score (nSPS) is 12.9. The second kappa shape index (κ2) is 6.51. The first kappa shape index (κ1) is 15.9. The van der Waals surface area contributed by atoms with Crippen LogP contribution in [0, 0.1) is 11.6 Å². The van der Waals surface area contributed by atoms with Gasteiger partial charge in [0, 0.05) is 19.2 Å². The molecule has 21 heavy (non-hydrogen) atoms. The number of likely N-dealkylation sites (N-methyl/N-ethyl adjacent to an activating group) is 1. The molecule has 0 spiro atoms. The molecule has 0 amide bonds. The number of halogens is 3. The zero-order valence-electron chi connectivity index (χ0n) is 11.7. The maximum Gasteiger partial charge on any atom is 0.129 e. The zero-order valence-corrected chi connectivity index (χ0v) is 12.5. The third-order valence-electron chi connectivity index (χ3n) is 3.24. The molecule has 0 bridgehead atoms. The Morgan fingerprint density at radius 3 is 2.76 bits per heavy atom. The summed E-state index contributed by atoms with van der Waals surface area (Å²) in [6, 6.07) is 3.03. The molecule has 0 radical (unpaired) electrons. The van der Waals surface area contributed by atoms with Gasteiger partial charge in [0.1, 0.15) is 22.6 Å². The minimum Gasteiger partial charge on any atom is -0.387 e. The number of benzene rings is 1. The third-order valence-corrected chi connectivity index (χ3v) is 3.59. The van der Waals surface area contributed by atoms with Crippen molar-refractivity contribution in [2.24, 2.45) is 7.05 Å². The Bertz CT molecular complexity index is 633. The molecule has 0 saturated carbocycles. The summed E-state index contributed by atoms with van der Waals surface area (Å²) in [5, 5.41) is 10.6. The van der Waals surface area contributed by atoms with E-state index in [0.717, 1.165) is 24.0 Å². The average Bonchev–Trinajstić information content (AvgIpc) is 2.73. The highest BCUT2D eigenvalue weighted by atomic mass is 35.5. The van der Waals surface area contributed by atoms with E-state index >= 15 is 0 Å². The van der Waals surface area contributed by atoms with Crippen molar-refractivity contribution in [3.63, 3.8) is 0 Å². The molecule has 2 aromatic rings. The van der Waals surface area contributed by atoms with E-state index in [1.165, 1.54) is 6.20 Å². The fraction of sp³-hybridized carbons (Fsp3) is 0.357. The van der Waals surface area contributed by atoms with Crippen molar-refractivity contribution in [3.05, 3.63) is 52.6 Å². The Balaban J connectivity index is 2.03. The van der Waals surface area contributed by atoms with Gasteiger partial charge in [-0.25, -0.2) is 13.8 Å². The molecule has 1 unspecified atom stereocenters. The number of imidazole rings is 1. The van der Waals surface area contributed by atoms with Gasteiger partial charge >= 0.3 is 0 Å². The molecule has 0 aliphatic rings. The van der Waals surface area contributed by atoms with Crippen LogP contribution in [-0.4, -0.2) is 33.1 Å². The number of aliphatic hydroxyl groups is 1. The second-order valence-electron chi connectivity index (χ2n) is 4.93. The molecule has 0 aliphatic heterocycles. The van der Waals surface area contributed by atoms with Crippen LogP contribution in [0.1, 0.15) is 17.5 Å². The average molecular weight is 316 g/mol. The summed E-state index contributed by atoms with van der Waals surface area (Å²) in [5.41, 5.74) is -0.0558. The van der Waals surface area contributed by atoms with Gasteiger partial charge in [-0.1, -0.05) is 11.6 Å². The van der Waals surface area contributed by atoms with Gasteiger partial charge in [0.05, 0.1) is 18.8 Å². The zero-order chi connectivity index (χ0) is 15.6. The van der Waals surface area contributed by atoms with Crippen molar-refractivity contribution in [1.29, 1.82) is 0 Å². The summed E-state index contributed by atoms with van der Waals surface area (Å²) in [6.07, 6.45) is 0.411. The molecule has 4 nitrogen and oxygen atoms in total. The van der Waals surface area contributed by atoms with Crippen LogP contribution in [0.15, 0.2) is 24.4 Å². The van der Waals surface area contributed by atoms with Crippen LogP contribution in [0.25, 0.3) is 0 Å². The number of aromatic nitrogens is 2. The number of nitrogens with zero attached hydrogens (tertiary/aromatic N) is 3. The Kier molecular flexibility index (Phi) is 4.92. The molecule has 0 fully saturated rings. The molecule has 114 valence electrons. The van der Waals surface area contributed by atoms with E-state index in [-0.39, 0.29) is 12.1 Å². The molecular formula is C14H16ClF2N3O. The molecule has 1 N–H and O–H groups in total. The summed E-state index contributed by atoms with van der Waals surface area (Å²) < 4.78 is 28.4. The lowest BCUT2D eigenvalue weighted by molar-refractivity contribution is 0.118. The van der Waals surface area contributed by atoms with E-state index in [1.807, 2.05) is 0 Å². The molecule has 1 heterocycles. The number of hydrogen-bond donors (Lipinski definition) is 1. The molecule has 0 aliphatic carbocycles. The van der Waals surface area contributed by atoms with E-state index in [2.05, 4.69) is 4.98 Å². The van der Waals surface area contributed by atoms with Gasteiger partial charge in [0.25, 0.3) is 0 Å². The Hall–Kier alpha value is -1.50. The standard InChI is InChI=1S/C14H16ClF2N3O/c1-19(8-14-18-6-13(15)20(14)2)7-12(21)10-5-9(16)3-4-11(10)17/h3-6,12,21H,7-8H2,1-2H3. The van der Waals surface area contributed by atoms with Crippen molar-refractivity contribution in [2.75, 3.05) is 13.6 Å². The summed E-state index contributed by atoms with van der Waals surface area (Å²) >= 11 is 5.89. The van der Waals surface area contributed by atoms with Gasteiger partial charge in [-0.3, -0.25) is 4.90 Å². The minimum atomic E-state index is -1.12. The monoisotopic (exact) mass is 315 g/mol. The van der Waals surface area contributed by atoms with Crippen molar-refractivity contribution in [3.8, 4) is 0 Å². The van der Waals surface area contributed by atoms with Crippen LogP contribution in [0.3, 0.4) is 0 Å². The highest BCUT2D eigenvalue weighted by Gasteiger charge is 2.17. The Labute approximate surface area is 126 Å². The topological polar surface area (TPSA) is 41.3 Å². The van der Waals surface area contributed by atoms with E-state index in [1.54, 1.807) is 23.6 Å². The lowest BCUT2D eigenvalue weighted by atomic mass is 10.1. The smallest absolute Gasteiger partial charge is 0.129 e. The van der Waals surface area contributed by atoms with Crippen LogP contribution in [0.5, 0.6) is 0 Å². The van der Waals surface area contributed by atoms with Crippen LogP contribution >= 0.6 is 11.6 Å². The van der Waals surface area contributed by atoms with Gasteiger partial charge < -0.3 is 9.67 Å². The molecule has 1 atom stereocenters. The first-order valence-corrected chi connectivity index (χ1v) is 6.74. The van der Waals surface area contributed by atoms with Gasteiger partial charge in [-0.05, 0) is 25.2 Å². The van der Waals surface area contributed by atoms with Crippen LogP contribution in [0.4, 0.5) is 8.78 Å². The largest absolute Gasteiger partial charge is 0.387 e. The number of aliphatic hydroxyl groups excluding tert-OH is 1. The third kappa shape index (κ3) is 3.78. The van der Waals surface area contributed by atoms with Gasteiger partial charge in [0.15, 0.2) is 0 Å². The van der Waals surface area contributed by atoms with Crippen molar-refractivity contribution >= 4 is 11.6 Å². The lowest BCUT2D eigenvalue weighted by Crippen LogP contribution is -2.26. The van der Waals surface area contributed by atoms with Crippen LogP contribution in [0.2, 0.25) is 5.15 Å². The summed E-state index contributed by atoms with van der Waals surface area (Å²) in [6.45, 7) is 0.571. The predicted molar refractivity (Wildman–Crippen MR) is 75.9 cm³/mol. The van der Waals surface area contributed by atoms with Gasteiger partial charge in [-0.2, -0.15) is 0 Å². The summed E-state index contributed by atoms with van der Waals surface area (Å²) in [5.74, 6) is -0.490. The maximum absolute atomic E-state index is 13.6. The highest BCUT2D eigenvalue weighted by Crippen LogP contribution is 2.20. The lowest BCUT2D eigenvalue weighted by Gasteiger charge is -2.21. The SMILES string of the molecule is CN(Cc1ncc(Cl)n1C)CC(O)c1cc(F)ccc1F. The van der Waals surface area contributed by atoms with E-state index < -0.39 is 17.7 Å². The molecule has 1 aromatic carbocycles. The fourth-order valence-corrected chi connectivity index (χ4v) is 2.19. The quantitative estimate of drug-likeness (QED) is 0.922. The van der Waals surface area contributed by atoms with Crippen LogP contribution < -0.4 is 0 Å². The fourth-order valence-electron chi connectivity index (χ4n) is 2.04. The Morgan fingerprint density at radius 1 is 1.43 bits per heavy atom. The Morgan fingerprint density at radius 2 is 2.14 bits per heavy atom. The second-order valence-corrected chi connectivity index (χ2v) is 5.32. The first-order chi connectivity index (χ1) is 9.88. The number of hydrogen-bond acceptors (Lipinski definition) is 3. The van der Waals surface area contributed by atoms with E-state index in [9.17, 15) is 13.9 Å². The van der Waals surface area contributed by atoms with Gasteiger partial charge in [0.2, 0.25) is 0 Å². The predicted octanol–water partition coefficient (Wildman–Crippen LogP) is 2.52. The highest BCUT2D eigenvalue weighted by molar-refractivity contribution is 6.29. The molecule has 7 heteroatoms. The summed E-state index contributed by atoms with van der Waals surface area (Å²) in [7, 11) is 3.53. The van der Waals surface area contributed by atoms with Crippen molar-refractivity contribution < 1.29 is 13.9 Å². The molecular weight excluding hydrogens is 300 g/mol. The van der Waals surface area contributed by atoms with Crippen molar-refractivity contribution in [1.82, 2.24) is 14.5 Å². The molecule has 1 aromatic heterocycles. The maximum atomic E-state index is 13.6. The summed E-state index contributed by atoms with van der Waals surface area (Å²) in [4.78, 5) is 5.90. The van der Waals surface area contributed by atoms with Gasteiger partial charge in [-0.15, -0.1) is 0 Å². The van der Waals surface area contributed by atoms with E-state index in [4.69, 9.17) is 11.6 Å². The van der Waals surface area contributed by atoms with E-state index in [0.29, 0.717) is 11.7 Å².